The highest BCUT2D eigenvalue weighted by Crippen LogP contribution is 2.30. The van der Waals surface area contributed by atoms with Crippen LogP contribution in [0.5, 0.6) is 0 Å². The van der Waals surface area contributed by atoms with Gasteiger partial charge in [-0.1, -0.05) is 47.7 Å². The summed E-state index contributed by atoms with van der Waals surface area (Å²) >= 11 is 1.73. The minimum Gasteiger partial charge on any atom is -0.345 e. The lowest BCUT2D eigenvalue weighted by molar-refractivity contribution is -0.126. The summed E-state index contributed by atoms with van der Waals surface area (Å²) in [5, 5.41) is 1.05. The zero-order valence-electron chi connectivity index (χ0n) is 14.8. The van der Waals surface area contributed by atoms with E-state index in [2.05, 4.69) is 30.0 Å². The summed E-state index contributed by atoms with van der Waals surface area (Å²) in [6.07, 6.45) is 3.55. The van der Waals surface area contributed by atoms with E-state index in [1.807, 2.05) is 41.3 Å². The second-order valence-electron chi connectivity index (χ2n) is 6.52. The zero-order valence-corrected chi connectivity index (χ0v) is 15.6. The van der Waals surface area contributed by atoms with Crippen molar-refractivity contribution in [2.75, 3.05) is 31.1 Å². The summed E-state index contributed by atoms with van der Waals surface area (Å²) in [6, 6.07) is 16.3. The molecule has 1 amide bonds. The third-order valence-corrected chi connectivity index (χ3v) is 5.69. The molecule has 0 atom stereocenters. The number of nitrogens with zero attached hydrogens (tertiary/aromatic N) is 3. The highest BCUT2D eigenvalue weighted by atomic mass is 32.1. The highest BCUT2D eigenvalue weighted by Gasteiger charge is 2.21. The van der Waals surface area contributed by atoms with Crippen LogP contribution in [-0.4, -0.2) is 42.0 Å². The summed E-state index contributed by atoms with van der Waals surface area (Å²) in [5.74, 6) is 0.0772. The number of piperazine rings is 1. The van der Waals surface area contributed by atoms with Crippen LogP contribution in [-0.2, 0) is 4.79 Å². The molecule has 2 heterocycles. The first-order chi connectivity index (χ1) is 12.7. The van der Waals surface area contributed by atoms with Gasteiger partial charge in [0, 0.05) is 32.3 Å². The maximum absolute atomic E-state index is 12.4. The zero-order chi connectivity index (χ0) is 17.9. The van der Waals surface area contributed by atoms with Crippen molar-refractivity contribution in [2.45, 2.75) is 6.92 Å². The van der Waals surface area contributed by atoms with Gasteiger partial charge in [-0.3, -0.25) is 4.79 Å². The summed E-state index contributed by atoms with van der Waals surface area (Å²) in [6.45, 7) is 5.21. The monoisotopic (exact) mass is 363 g/mol. The number of aryl methyl sites for hydroxylation is 1. The fraction of sp³-hybridized carbons (Fsp3) is 0.238. The number of fused-ring (bicyclic) bond motifs is 1. The van der Waals surface area contributed by atoms with Crippen molar-refractivity contribution in [3.63, 3.8) is 0 Å². The molecule has 5 heteroatoms. The fourth-order valence-corrected chi connectivity index (χ4v) is 4.23. The van der Waals surface area contributed by atoms with Gasteiger partial charge in [-0.2, -0.15) is 0 Å². The number of carbonyl (C=O) groups excluding carboxylic acids is 1. The Morgan fingerprint density at radius 1 is 1.08 bits per heavy atom. The molecule has 0 N–H and O–H groups in total. The lowest BCUT2D eigenvalue weighted by atomic mass is 10.2. The maximum atomic E-state index is 12.4. The van der Waals surface area contributed by atoms with Crippen LogP contribution in [0.3, 0.4) is 0 Å². The largest absolute Gasteiger partial charge is 0.345 e. The molecule has 0 unspecified atom stereocenters. The Morgan fingerprint density at radius 2 is 1.85 bits per heavy atom. The first kappa shape index (κ1) is 16.8. The van der Waals surface area contributed by atoms with Crippen molar-refractivity contribution in [2.24, 2.45) is 0 Å². The lowest BCUT2D eigenvalue weighted by Crippen LogP contribution is -2.48. The van der Waals surface area contributed by atoms with Gasteiger partial charge >= 0.3 is 0 Å². The van der Waals surface area contributed by atoms with E-state index in [0.717, 1.165) is 42.4 Å². The summed E-state index contributed by atoms with van der Waals surface area (Å²) in [7, 11) is 0. The van der Waals surface area contributed by atoms with E-state index in [-0.39, 0.29) is 5.91 Å². The molecule has 0 spiro atoms. The molecule has 1 fully saturated rings. The molecule has 2 aromatic carbocycles. The number of thiazole rings is 1. The minimum absolute atomic E-state index is 0.0772. The van der Waals surface area contributed by atoms with E-state index in [1.54, 1.807) is 17.4 Å². The molecule has 1 aromatic heterocycles. The van der Waals surface area contributed by atoms with E-state index < -0.39 is 0 Å². The van der Waals surface area contributed by atoms with Crippen LogP contribution < -0.4 is 4.90 Å². The van der Waals surface area contributed by atoms with E-state index in [4.69, 9.17) is 4.98 Å². The Kier molecular flexibility index (Phi) is 4.71. The predicted molar refractivity (Wildman–Crippen MR) is 109 cm³/mol. The Morgan fingerprint density at radius 3 is 2.62 bits per heavy atom. The van der Waals surface area contributed by atoms with E-state index >= 15 is 0 Å². The van der Waals surface area contributed by atoms with Crippen molar-refractivity contribution in [1.29, 1.82) is 0 Å². The van der Waals surface area contributed by atoms with Crippen LogP contribution in [0, 0.1) is 6.92 Å². The molecule has 1 saturated heterocycles. The third-order valence-electron chi connectivity index (χ3n) is 4.61. The third kappa shape index (κ3) is 3.63. The van der Waals surface area contributed by atoms with Gasteiger partial charge in [0.2, 0.25) is 5.91 Å². The second kappa shape index (κ2) is 7.30. The number of hydrogen-bond donors (Lipinski definition) is 0. The van der Waals surface area contributed by atoms with E-state index in [1.165, 1.54) is 10.3 Å². The minimum atomic E-state index is 0.0772. The molecular formula is C21H21N3OS. The first-order valence-electron chi connectivity index (χ1n) is 8.83. The van der Waals surface area contributed by atoms with Gasteiger partial charge in [0.25, 0.3) is 0 Å². The molecule has 1 aliphatic heterocycles. The van der Waals surface area contributed by atoms with Crippen molar-refractivity contribution in [3.8, 4) is 0 Å². The molecule has 0 bridgehead atoms. The number of aromatic nitrogens is 1. The molecule has 0 radical (unpaired) electrons. The quantitative estimate of drug-likeness (QED) is 0.661. The van der Waals surface area contributed by atoms with Gasteiger partial charge in [-0.25, -0.2) is 4.98 Å². The molecule has 1 aliphatic rings. The van der Waals surface area contributed by atoms with Gasteiger partial charge in [-0.15, -0.1) is 0 Å². The summed E-state index contributed by atoms with van der Waals surface area (Å²) in [4.78, 5) is 21.3. The number of amides is 1. The lowest BCUT2D eigenvalue weighted by Gasteiger charge is -2.34. The number of benzene rings is 2. The molecule has 4 rings (SSSR count). The van der Waals surface area contributed by atoms with Crippen LogP contribution in [0.2, 0.25) is 0 Å². The number of carbonyl (C=O) groups is 1. The number of rotatable bonds is 3. The van der Waals surface area contributed by atoms with Crippen LogP contribution in [0.25, 0.3) is 16.3 Å². The van der Waals surface area contributed by atoms with E-state index in [9.17, 15) is 4.79 Å². The fourth-order valence-electron chi connectivity index (χ4n) is 3.11. The van der Waals surface area contributed by atoms with Crippen molar-refractivity contribution in [3.05, 3.63) is 65.7 Å². The van der Waals surface area contributed by atoms with Crippen LogP contribution in [0.4, 0.5) is 5.13 Å². The van der Waals surface area contributed by atoms with Crippen LogP contribution >= 0.6 is 11.3 Å². The second-order valence-corrected chi connectivity index (χ2v) is 7.53. The van der Waals surface area contributed by atoms with Crippen molar-refractivity contribution < 1.29 is 4.79 Å². The Balaban J connectivity index is 1.38. The average molecular weight is 363 g/mol. The van der Waals surface area contributed by atoms with Gasteiger partial charge in [0.15, 0.2) is 5.13 Å². The topological polar surface area (TPSA) is 36.4 Å². The normalized spacial score (nSPS) is 15.1. The SMILES string of the molecule is Cc1ccc2nc(N3CCN(C(=O)C=Cc4ccccc4)CC3)sc2c1. The standard InChI is InChI=1S/C21H21N3OS/c1-16-7-9-18-19(15-16)26-21(22-18)24-13-11-23(12-14-24)20(25)10-8-17-5-3-2-4-6-17/h2-10,15H,11-14H2,1H3. The van der Waals surface area contributed by atoms with Crippen LogP contribution in [0.1, 0.15) is 11.1 Å². The molecular weight excluding hydrogens is 342 g/mol. The van der Waals surface area contributed by atoms with E-state index in [0.29, 0.717) is 0 Å². The summed E-state index contributed by atoms with van der Waals surface area (Å²) < 4.78 is 1.23. The Bertz CT molecular complexity index is 940. The average Bonchev–Trinajstić information content (AvgIpc) is 3.10. The molecule has 132 valence electrons. The molecule has 4 nitrogen and oxygen atoms in total. The molecule has 26 heavy (non-hydrogen) atoms. The summed E-state index contributed by atoms with van der Waals surface area (Å²) in [5.41, 5.74) is 3.36. The predicted octanol–water partition coefficient (Wildman–Crippen LogP) is 3.97. The number of hydrogen-bond acceptors (Lipinski definition) is 4. The Labute approximate surface area is 157 Å². The smallest absolute Gasteiger partial charge is 0.246 e. The van der Waals surface area contributed by atoms with Crippen molar-refractivity contribution in [1.82, 2.24) is 9.88 Å². The Hall–Kier alpha value is -2.66. The molecule has 0 saturated carbocycles. The number of anilines is 1. The molecule has 3 aromatic rings. The first-order valence-corrected chi connectivity index (χ1v) is 9.65. The van der Waals surface area contributed by atoms with Gasteiger partial charge in [0.1, 0.15) is 0 Å². The van der Waals surface area contributed by atoms with Gasteiger partial charge in [-0.05, 0) is 36.3 Å². The van der Waals surface area contributed by atoms with Gasteiger partial charge < -0.3 is 9.80 Å². The molecule has 0 aliphatic carbocycles. The van der Waals surface area contributed by atoms with Crippen molar-refractivity contribution >= 4 is 38.7 Å². The highest BCUT2D eigenvalue weighted by molar-refractivity contribution is 7.22. The maximum Gasteiger partial charge on any atom is 0.246 e. The van der Waals surface area contributed by atoms with Gasteiger partial charge in [0.05, 0.1) is 10.2 Å². The van der Waals surface area contributed by atoms with Crippen LogP contribution in [0.15, 0.2) is 54.6 Å².